The Morgan fingerprint density at radius 3 is 2.40 bits per heavy atom. The van der Waals surface area contributed by atoms with Crippen LogP contribution >= 0.6 is 0 Å². The zero-order valence-corrected chi connectivity index (χ0v) is 10.1. The van der Waals surface area contributed by atoms with Crippen LogP contribution in [0.15, 0.2) is 0 Å². The van der Waals surface area contributed by atoms with Gasteiger partial charge < -0.3 is 15.8 Å². The van der Waals surface area contributed by atoms with E-state index in [0.717, 1.165) is 19.0 Å². The van der Waals surface area contributed by atoms with Gasteiger partial charge in [-0.1, -0.05) is 0 Å². The van der Waals surface area contributed by atoms with Crippen LogP contribution in [0.3, 0.4) is 0 Å². The van der Waals surface area contributed by atoms with Gasteiger partial charge in [0.15, 0.2) is 0 Å². The third kappa shape index (κ3) is 9.69. The molecule has 0 saturated carbocycles. The van der Waals surface area contributed by atoms with Crippen LogP contribution in [0, 0.1) is 5.92 Å². The van der Waals surface area contributed by atoms with E-state index >= 15 is 0 Å². The molecule has 90 valence electrons. The number of rotatable bonds is 2. The fourth-order valence-electron chi connectivity index (χ4n) is 1.27. The first-order valence-corrected chi connectivity index (χ1v) is 5.52. The summed E-state index contributed by atoms with van der Waals surface area (Å²) in [7, 11) is 0. The van der Waals surface area contributed by atoms with Crippen LogP contribution < -0.4 is 11.1 Å². The fraction of sp³-hybridized carbons (Fsp3) is 0.909. The molecule has 0 spiro atoms. The van der Waals surface area contributed by atoms with Crippen molar-refractivity contribution in [2.75, 3.05) is 19.6 Å². The van der Waals surface area contributed by atoms with Crippen LogP contribution in [0.2, 0.25) is 0 Å². The average Bonchev–Trinajstić information content (AvgIpc) is 2.18. The predicted molar refractivity (Wildman–Crippen MR) is 61.6 cm³/mol. The SMILES string of the molecule is CC(C)(C)OC=O.NC[C@@H]1CCCNC1. The van der Waals surface area contributed by atoms with Crippen molar-refractivity contribution >= 4 is 6.47 Å². The maximum atomic E-state index is 9.60. The molecule has 1 heterocycles. The summed E-state index contributed by atoms with van der Waals surface area (Å²) in [6.07, 6.45) is 2.63. The molecule has 0 aromatic rings. The molecular weight excluding hydrogens is 192 g/mol. The summed E-state index contributed by atoms with van der Waals surface area (Å²) < 4.78 is 4.55. The maximum absolute atomic E-state index is 9.60. The molecule has 4 nitrogen and oxygen atoms in total. The summed E-state index contributed by atoms with van der Waals surface area (Å²) >= 11 is 0. The number of ether oxygens (including phenoxy) is 1. The molecule has 1 rings (SSSR count). The molecule has 0 bridgehead atoms. The minimum atomic E-state index is -0.318. The van der Waals surface area contributed by atoms with Crippen molar-refractivity contribution in [3.63, 3.8) is 0 Å². The molecule has 3 N–H and O–H groups in total. The molecule has 15 heavy (non-hydrogen) atoms. The van der Waals surface area contributed by atoms with Gasteiger partial charge in [0.05, 0.1) is 0 Å². The highest BCUT2D eigenvalue weighted by molar-refractivity contribution is 5.37. The Morgan fingerprint density at radius 1 is 1.53 bits per heavy atom. The van der Waals surface area contributed by atoms with Gasteiger partial charge in [-0.2, -0.15) is 0 Å². The third-order valence-electron chi connectivity index (χ3n) is 2.13. The Morgan fingerprint density at radius 2 is 2.20 bits per heavy atom. The van der Waals surface area contributed by atoms with Crippen LogP contribution in [-0.2, 0) is 9.53 Å². The minimum Gasteiger partial charge on any atom is -0.462 e. The number of carbonyl (C=O) groups is 1. The monoisotopic (exact) mass is 216 g/mol. The van der Waals surface area contributed by atoms with Gasteiger partial charge in [0.25, 0.3) is 6.47 Å². The smallest absolute Gasteiger partial charge is 0.293 e. The van der Waals surface area contributed by atoms with Crippen molar-refractivity contribution in [1.29, 1.82) is 0 Å². The molecule has 0 radical (unpaired) electrons. The van der Waals surface area contributed by atoms with Crippen molar-refractivity contribution in [2.45, 2.75) is 39.2 Å². The van der Waals surface area contributed by atoms with E-state index < -0.39 is 0 Å². The van der Waals surface area contributed by atoms with E-state index in [4.69, 9.17) is 5.73 Å². The van der Waals surface area contributed by atoms with Crippen molar-refractivity contribution in [1.82, 2.24) is 5.32 Å². The first-order chi connectivity index (χ1) is 6.99. The Kier molecular flexibility index (Phi) is 7.34. The summed E-state index contributed by atoms with van der Waals surface area (Å²) in [5.41, 5.74) is 5.15. The lowest BCUT2D eigenvalue weighted by atomic mass is 10.0. The van der Waals surface area contributed by atoms with Crippen LogP contribution in [0.1, 0.15) is 33.6 Å². The van der Waals surface area contributed by atoms with E-state index in [9.17, 15) is 4.79 Å². The quantitative estimate of drug-likeness (QED) is 0.673. The van der Waals surface area contributed by atoms with E-state index in [1.165, 1.54) is 19.4 Å². The van der Waals surface area contributed by atoms with Gasteiger partial charge in [0.2, 0.25) is 0 Å². The number of carbonyl (C=O) groups excluding carboxylic acids is 1. The molecule has 1 fully saturated rings. The molecule has 0 amide bonds. The highest BCUT2D eigenvalue weighted by Crippen LogP contribution is 2.06. The summed E-state index contributed by atoms with van der Waals surface area (Å²) in [5, 5.41) is 3.31. The van der Waals surface area contributed by atoms with Gasteiger partial charge in [-0.05, 0) is 59.2 Å². The molecule has 0 unspecified atom stereocenters. The van der Waals surface area contributed by atoms with E-state index in [1.54, 1.807) is 0 Å². The average molecular weight is 216 g/mol. The summed E-state index contributed by atoms with van der Waals surface area (Å²) in [5.74, 6) is 0.753. The van der Waals surface area contributed by atoms with Gasteiger partial charge in [-0.3, -0.25) is 4.79 Å². The second-order valence-corrected chi connectivity index (χ2v) is 4.77. The van der Waals surface area contributed by atoms with Gasteiger partial charge >= 0.3 is 0 Å². The van der Waals surface area contributed by atoms with E-state index in [2.05, 4.69) is 10.1 Å². The first-order valence-electron chi connectivity index (χ1n) is 5.52. The number of hydrogen-bond donors (Lipinski definition) is 2. The first kappa shape index (κ1) is 14.4. The van der Waals surface area contributed by atoms with Crippen LogP contribution in [0.5, 0.6) is 0 Å². The largest absolute Gasteiger partial charge is 0.462 e. The summed E-state index contributed by atoms with van der Waals surface area (Å²) in [6, 6.07) is 0. The van der Waals surface area contributed by atoms with Crippen molar-refractivity contribution in [3.05, 3.63) is 0 Å². The lowest BCUT2D eigenvalue weighted by Crippen LogP contribution is -2.33. The zero-order chi connectivity index (χ0) is 11.7. The molecule has 0 aromatic heterocycles. The molecule has 1 atom stereocenters. The second-order valence-electron chi connectivity index (χ2n) is 4.77. The van der Waals surface area contributed by atoms with Gasteiger partial charge in [0.1, 0.15) is 5.60 Å². The lowest BCUT2D eigenvalue weighted by molar-refractivity contribution is -0.138. The van der Waals surface area contributed by atoms with Gasteiger partial charge in [0, 0.05) is 0 Å². The number of piperidine rings is 1. The van der Waals surface area contributed by atoms with Crippen molar-refractivity contribution < 1.29 is 9.53 Å². The van der Waals surface area contributed by atoms with E-state index in [-0.39, 0.29) is 5.60 Å². The van der Waals surface area contributed by atoms with Gasteiger partial charge in [-0.15, -0.1) is 0 Å². The highest BCUT2D eigenvalue weighted by Gasteiger charge is 2.09. The molecule has 1 aliphatic heterocycles. The van der Waals surface area contributed by atoms with E-state index in [1.807, 2.05) is 20.8 Å². The number of nitrogens with two attached hydrogens (primary N) is 1. The Bertz CT molecular complexity index is 160. The molecule has 1 aliphatic rings. The number of hydrogen-bond acceptors (Lipinski definition) is 4. The number of nitrogens with one attached hydrogen (secondary N) is 1. The fourth-order valence-corrected chi connectivity index (χ4v) is 1.27. The van der Waals surface area contributed by atoms with Crippen molar-refractivity contribution in [3.8, 4) is 0 Å². The standard InChI is InChI=1S/C6H14N2.C5H10O2/c7-4-6-2-1-3-8-5-6;1-5(2,3)7-4-6/h6,8H,1-5,7H2;4H,1-3H3/t6-;/m0./s1. The minimum absolute atomic E-state index is 0.318. The zero-order valence-electron chi connectivity index (χ0n) is 10.1. The predicted octanol–water partition coefficient (Wildman–Crippen LogP) is 0.903. The molecule has 0 aliphatic carbocycles. The maximum Gasteiger partial charge on any atom is 0.293 e. The second kappa shape index (κ2) is 7.65. The molecular formula is C11H24N2O2. The van der Waals surface area contributed by atoms with Gasteiger partial charge in [-0.25, -0.2) is 0 Å². The lowest BCUT2D eigenvalue weighted by Gasteiger charge is -2.20. The summed E-state index contributed by atoms with van der Waals surface area (Å²) in [4.78, 5) is 9.60. The highest BCUT2D eigenvalue weighted by atomic mass is 16.5. The van der Waals surface area contributed by atoms with E-state index in [0.29, 0.717) is 6.47 Å². The van der Waals surface area contributed by atoms with Crippen LogP contribution in [0.25, 0.3) is 0 Å². The Hall–Kier alpha value is -0.610. The molecule has 0 aromatic carbocycles. The topological polar surface area (TPSA) is 64.3 Å². The summed E-state index contributed by atoms with van der Waals surface area (Å²) in [6.45, 7) is 9.10. The Balaban J connectivity index is 0.000000265. The van der Waals surface area contributed by atoms with Crippen molar-refractivity contribution in [2.24, 2.45) is 11.7 Å². The third-order valence-corrected chi connectivity index (χ3v) is 2.13. The Labute approximate surface area is 92.6 Å². The molecule has 4 heteroatoms. The molecule has 1 saturated heterocycles. The van der Waals surface area contributed by atoms with Crippen LogP contribution in [-0.4, -0.2) is 31.7 Å². The normalized spacial score (nSPS) is 21.2. The van der Waals surface area contributed by atoms with Crippen LogP contribution in [0.4, 0.5) is 0 Å².